The van der Waals surface area contributed by atoms with Gasteiger partial charge < -0.3 is 5.11 Å². The molecule has 94 valence electrons. The average molecular weight is 270 g/mol. The zero-order valence-corrected chi connectivity index (χ0v) is 10.6. The quantitative estimate of drug-likeness (QED) is 0.835. The van der Waals surface area contributed by atoms with Gasteiger partial charge in [-0.1, -0.05) is 6.07 Å². The topological polar surface area (TPSA) is 73.5 Å². The zero-order valence-electron chi connectivity index (χ0n) is 9.83. The van der Waals surface area contributed by atoms with Gasteiger partial charge in [0.2, 0.25) is 0 Å². The smallest absolute Gasteiger partial charge is 0.335 e. The lowest BCUT2D eigenvalue weighted by atomic mass is 10.2. The Bertz CT molecular complexity index is 651. The number of carbonyl (C=O) groups is 1. The maximum absolute atomic E-state index is 10.7. The monoisotopic (exact) mass is 270 g/mol. The van der Waals surface area contributed by atoms with Crippen molar-refractivity contribution in [2.75, 3.05) is 0 Å². The molecule has 2 aromatic rings. The van der Waals surface area contributed by atoms with E-state index in [4.69, 9.17) is 10.5 Å². The largest absolute Gasteiger partial charge is 0.478 e. The van der Waals surface area contributed by atoms with Crippen LogP contribution >= 0.6 is 11.3 Å². The molecule has 1 heterocycles. The number of hydrogen-bond donors (Lipinski definition) is 2. The average Bonchev–Trinajstić information content (AvgIpc) is 2.94. The van der Waals surface area contributed by atoms with E-state index < -0.39 is 5.97 Å². The molecule has 0 saturated carbocycles. The summed E-state index contributed by atoms with van der Waals surface area (Å²) < 4.78 is 0. The lowest BCUT2D eigenvalue weighted by Gasteiger charge is -1.96. The zero-order chi connectivity index (χ0) is 13.7. The molecule has 0 spiro atoms. The molecule has 1 aromatic carbocycles. The second-order valence-corrected chi connectivity index (χ2v) is 4.57. The van der Waals surface area contributed by atoms with Gasteiger partial charge in [-0.15, -0.1) is 11.3 Å². The van der Waals surface area contributed by atoms with Crippen LogP contribution in [0, 0.1) is 5.41 Å². The van der Waals surface area contributed by atoms with Crippen LogP contribution in [0.3, 0.4) is 0 Å². The minimum Gasteiger partial charge on any atom is -0.478 e. The van der Waals surface area contributed by atoms with E-state index in [1.807, 2.05) is 17.5 Å². The van der Waals surface area contributed by atoms with E-state index >= 15 is 0 Å². The number of hydrogen-bond acceptors (Lipinski definition) is 4. The highest BCUT2D eigenvalue weighted by atomic mass is 32.1. The third-order valence-electron chi connectivity index (χ3n) is 2.38. The summed E-state index contributed by atoms with van der Waals surface area (Å²) in [6, 6.07) is 10.0. The Labute approximate surface area is 113 Å². The number of carboxylic acids is 1. The maximum atomic E-state index is 10.7. The molecule has 2 N–H and O–H groups in total. The van der Waals surface area contributed by atoms with Crippen LogP contribution in [-0.2, 0) is 0 Å². The second-order valence-electron chi connectivity index (χ2n) is 3.63. The molecule has 0 aliphatic carbocycles. The minimum absolute atomic E-state index is 0.222. The van der Waals surface area contributed by atoms with Crippen molar-refractivity contribution in [2.24, 2.45) is 4.99 Å². The molecular weight excluding hydrogens is 260 g/mol. The van der Waals surface area contributed by atoms with Crippen LogP contribution in [0.15, 0.2) is 46.8 Å². The first-order valence-corrected chi connectivity index (χ1v) is 6.29. The molecule has 2 rings (SSSR count). The highest BCUT2D eigenvalue weighted by Crippen LogP contribution is 2.18. The summed E-state index contributed by atoms with van der Waals surface area (Å²) in [5.41, 5.74) is 1.45. The van der Waals surface area contributed by atoms with Gasteiger partial charge in [-0.2, -0.15) is 0 Å². The van der Waals surface area contributed by atoms with Gasteiger partial charge in [-0.25, -0.2) is 4.79 Å². The first kappa shape index (κ1) is 13.0. The molecule has 4 nitrogen and oxygen atoms in total. The lowest BCUT2D eigenvalue weighted by molar-refractivity contribution is 0.0697. The van der Waals surface area contributed by atoms with Crippen LogP contribution in [0.25, 0.3) is 5.57 Å². The molecular formula is C14H10N2O2S. The van der Waals surface area contributed by atoms with Crippen LogP contribution in [0.4, 0.5) is 5.69 Å². The molecule has 19 heavy (non-hydrogen) atoms. The Kier molecular flexibility index (Phi) is 4.03. The van der Waals surface area contributed by atoms with Gasteiger partial charge in [0.25, 0.3) is 0 Å². The van der Waals surface area contributed by atoms with Gasteiger partial charge in [0.05, 0.1) is 16.8 Å². The van der Waals surface area contributed by atoms with Crippen LogP contribution in [0.1, 0.15) is 15.2 Å². The van der Waals surface area contributed by atoms with Crippen molar-refractivity contribution in [2.45, 2.75) is 0 Å². The fourth-order valence-corrected chi connectivity index (χ4v) is 2.11. The van der Waals surface area contributed by atoms with Crippen molar-refractivity contribution in [3.05, 3.63) is 52.2 Å². The predicted molar refractivity (Wildman–Crippen MR) is 77.0 cm³/mol. The number of carboxylic acid groups (broad SMARTS) is 1. The summed E-state index contributed by atoms with van der Waals surface area (Å²) in [7, 11) is 0. The number of allylic oxidation sites excluding steroid dienone is 1. The van der Waals surface area contributed by atoms with Crippen molar-refractivity contribution in [3.8, 4) is 0 Å². The van der Waals surface area contributed by atoms with E-state index in [0.29, 0.717) is 11.3 Å². The molecule has 0 radical (unpaired) electrons. The van der Waals surface area contributed by atoms with Crippen molar-refractivity contribution in [1.82, 2.24) is 0 Å². The molecule has 5 heteroatoms. The number of nitrogens with one attached hydrogen (secondary N) is 1. The molecule has 0 aliphatic heterocycles. The first-order chi connectivity index (χ1) is 9.20. The van der Waals surface area contributed by atoms with Gasteiger partial charge in [-0.3, -0.25) is 10.4 Å². The maximum Gasteiger partial charge on any atom is 0.335 e. The van der Waals surface area contributed by atoms with Gasteiger partial charge in [-0.05, 0) is 41.6 Å². The van der Waals surface area contributed by atoms with E-state index in [1.54, 1.807) is 18.3 Å². The minimum atomic E-state index is -0.964. The normalized spacial score (nSPS) is 10.3. The Balaban J connectivity index is 2.18. The highest BCUT2D eigenvalue weighted by molar-refractivity contribution is 7.11. The summed E-state index contributed by atoms with van der Waals surface area (Å²) in [4.78, 5) is 15.8. The van der Waals surface area contributed by atoms with E-state index in [1.165, 1.54) is 23.5 Å². The summed E-state index contributed by atoms with van der Waals surface area (Å²) in [6.45, 7) is 0. The van der Waals surface area contributed by atoms with E-state index in [0.717, 1.165) is 4.88 Å². The summed E-state index contributed by atoms with van der Waals surface area (Å²) >= 11 is 1.51. The summed E-state index contributed by atoms with van der Waals surface area (Å²) in [6.07, 6.45) is 1.55. The Hall–Kier alpha value is -2.49. The molecule has 0 unspecified atom stereocenters. The van der Waals surface area contributed by atoms with Crippen molar-refractivity contribution >= 4 is 40.7 Å². The second kappa shape index (κ2) is 5.91. The van der Waals surface area contributed by atoms with Gasteiger partial charge in [0, 0.05) is 11.1 Å². The third-order valence-corrected chi connectivity index (χ3v) is 3.28. The molecule has 0 fully saturated rings. The van der Waals surface area contributed by atoms with E-state index in [-0.39, 0.29) is 5.56 Å². The Morgan fingerprint density at radius 3 is 2.58 bits per heavy atom. The Morgan fingerprint density at radius 2 is 2.05 bits per heavy atom. The molecule has 1 aromatic heterocycles. The van der Waals surface area contributed by atoms with Crippen LogP contribution in [0.5, 0.6) is 0 Å². The third kappa shape index (κ3) is 3.25. The van der Waals surface area contributed by atoms with E-state index in [2.05, 4.69) is 10.9 Å². The van der Waals surface area contributed by atoms with Gasteiger partial charge >= 0.3 is 5.97 Å². The number of aliphatic imine (C=N–C) groups is 1. The van der Waals surface area contributed by atoms with Crippen molar-refractivity contribution < 1.29 is 9.90 Å². The fourth-order valence-electron chi connectivity index (χ4n) is 1.42. The standard InChI is InChI=1S/C14H10N2O2S/c15-8-11(13-2-1-7-19-13)9-16-12-5-3-10(4-6-12)14(17)18/h1-7,9,15H,(H,17,18). The SMILES string of the molecule is N=C=C(C=Nc1ccc(C(=O)O)cc1)c1cccs1. The number of rotatable bonds is 4. The summed E-state index contributed by atoms with van der Waals surface area (Å²) in [5.74, 6) is 1.37. The van der Waals surface area contributed by atoms with Gasteiger partial charge in [0.15, 0.2) is 0 Å². The van der Waals surface area contributed by atoms with Crippen LogP contribution < -0.4 is 0 Å². The Morgan fingerprint density at radius 1 is 1.32 bits per heavy atom. The number of nitrogens with zero attached hydrogens (tertiary/aromatic N) is 1. The number of aromatic carboxylic acids is 1. The van der Waals surface area contributed by atoms with Crippen molar-refractivity contribution in [3.63, 3.8) is 0 Å². The van der Waals surface area contributed by atoms with Crippen LogP contribution in [0.2, 0.25) is 0 Å². The fraction of sp³-hybridized carbons (Fsp3) is 0. The molecule has 0 saturated heterocycles. The first-order valence-electron chi connectivity index (χ1n) is 5.41. The predicted octanol–water partition coefficient (Wildman–Crippen LogP) is 3.48. The van der Waals surface area contributed by atoms with E-state index in [9.17, 15) is 4.79 Å². The summed E-state index contributed by atoms with van der Waals surface area (Å²) in [5, 5.41) is 17.9. The van der Waals surface area contributed by atoms with Crippen molar-refractivity contribution in [1.29, 1.82) is 5.41 Å². The lowest BCUT2D eigenvalue weighted by Crippen LogP contribution is -1.94. The number of thiophene rings is 1. The molecule has 0 atom stereocenters. The molecule has 0 amide bonds. The highest BCUT2D eigenvalue weighted by Gasteiger charge is 2.02. The van der Waals surface area contributed by atoms with Gasteiger partial charge in [0.1, 0.15) is 0 Å². The number of benzene rings is 1. The van der Waals surface area contributed by atoms with Crippen LogP contribution in [-0.4, -0.2) is 23.2 Å². The molecule has 0 bridgehead atoms. The molecule has 0 aliphatic rings.